The van der Waals surface area contributed by atoms with Gasteiger partial charge in [-0.25, -0.2) is 0 Å². The van der Waals surface area contributed by atoms with Gasteiger partial charge in [-0.05, 0) is 70.2 Å². The van der Waals surface area contributed by atoms with E-state index in [1.165, 1.54) is 35.2 Å². The Bertz CT molecular complexity index is 668. The minimum Gasteiger partial charge on any atom is -0.384 e. The molecule has 0 spiro atoms. The predicted molar refractivity (Wildman–Crippen MR) is 103 cm³/mol. The average Bonchev–Trinajstić information content (AvgIpc) is 2.63. The van der Waals surface area contributed by atoms with Crippen molar-refractivity contribution in [2.45, 2.75) is 51.0 Å². The van der Waals surface area contributed by atoms with Gasteiger partial charge < -0.3 is 16.4 Å². The van der Waals surface area contributed by atoms with Crippen molar-refractivity contribution in [2.75, 3.05) is 25.5 Å². The van der Waals surface area contributed by atoms with E-state index in [1.807, 2.05) is 7.05 Å². The Morgan fingerprint density at radius 2 is 2.00 bits per heavy atom. The maximum absolute atomic E-state index is 5.68. The largest absolute Gasteiger partial charge is 0.384 e. The molecule has 0 bridgehead atoms. The number of nitrogens with zero attached hydrogens (tertiary/aromatic N) is 1. The van der Waals surface area contributed by atoms with Crippen LogP contribution in [0.5, 0.6) is 0 Å². The monoisotopic (exact) mass is 326 g/mol. The van der Waals surface area contributed by atoms with Gasteiger partial charge in [-0.1, -0.05) is 18.2 Å². The summed E-state index contributed by atoms with van der Waals surface area (Å²) >= 11 is 0. The minimum absolute atomic E-state index is 0.528. The molecule has 1 atom stereocenters. The summed E-state index contributed by atoms with van der Waals surface area (Å²) in [6.07, 6.45) is 8.17. The van der Waals surface area contributed by atoms with Gasteiger partial charge in [0.1, 0.15) is 0 Å². The summed E-state index contributed by atoms with van der Waals surface area (Å²) in [5, 5.41) is 8.37. The first kappa shape index (κ1) is 17.2. The third kappa shape index (κ3) is 3.87. The Hall–Kier alpha value is -1.65. The number of hydrogen-bond donors (Lipinski definition) is 3. The fraction of sp³-hybridized carbons (Fsp3) is 0.550. The quantitative estimate of drug-likeness (QED) is 0.652. The molecule has 2 aromatic rings. The molecular weight excluding hydrogens is 296 g/mol. The Labute approximate surface area is 145 Å². The molecule has 1 aliphatic carbocycles. The highest BCUT2D eigenvalue weighted by molar-refractivity contribution is 5.93. The molecule has 0 saturated heterocycles. The molecule has 1 unspecified atom stereocenters. The number of pyridine rings is 1. The Morgan fingerprint density at radius 1 is 1.17 bits per heavy atom. The van der Waals surface area contributed by atoms with E-state index in [1.54, 1.807) is 0 Å². The van der Waals surface area contributed by atoms with Crippen molar-refractivity contribution >= 4 is 16.6 Å². The van der Waals surface area contributed by atoms with Gasteiger partial charge in [-0.15, -0.1) is 0 Å². The minimum atomic E-state index is 0.528. The zero-order valence-corrected chi connectivity index (χ0v) is 14.8. The molecule has 0 saturated carbocycles. The lowest BCUT2D eigenvalue weighted by atomic mass is 9.92. The lowest BCUT2D eigenvalue weighted by molar-refractivity contribution is 0.485. The number of nitrogens with one attached hydrogen (secondary N) is 2. The lowest BCUT2D eigenvalue weighted by Crippen LogP contribution is -2.28. The number of anilines is 1. The number of aryl methyl sites for hydroxylation is 1. The number of aromatic nitrogens is 1. The second kappa shape index (κ2) is 8.45. The molecular formula is C20H30N4. The van der Waals surface area contributed by atoms with Crippen molar-refractivity contribution in [1.82, 2.24) is 10.3 Å². The van der Waals surface area contributed by atoms with E-state index in [4.69, 9.17) is 10.7 Å². The normalized spacial score (nSPS) is 15.2. The summed E-state index contributed by atoms with van der Waals surface area (Å²) in [7, 11) is 2.03. The van der Waals surface area contributed by atoms with Gasteiger partial charge in [-0.3, -0.25) is 4.98 Å². The zero-order valence-electron chi connectivity index (χ0n) is 14.8. The van der Waals surface area contributed by atoms with Crippen LogP contribution in [-0.4, -0.2) is 31.2 Å². The average molecular weight is 326 g/mol. The van der Waals surface area contributed by atoms with E-state index in [0.717, 1.165) is 50.7 Å². The van der Waals surface area contributed by atoms with Crippen molar-refractivity contribution < 1.29 is 0 Å². The number of nitrogens with two attached hydrogens (primary N) is 1. The molecule has 130 valence electrons. The van der Waals surface area contributed by atoms with Gasteiger partial charge in [0, 0.05) is 29.4 Å². The van der Waals surface area contributed by atoms with Crippen molar-refractivity contribution in [1.29, 1.82) is 0 Å². The molecule has 0 amide bonds. The second-order valence-electron chi connectivity index (χ2n) is 6.77. The van der Waals surface area contributed by atoms with Crippen LogP contribution in [-0.2, 0) is 12.8 Å². The highest BCUT2D eigenvalue weighted by atomic mass is 14.9. The highest BCUT2D eigenvalue weighted by Crippen LogP contribution is 2.33. The summed E-state index contributed by atoms with van der Waals surface area (Å²) in [6, 6.07) is 9.05. The molecule has 1 aliphatic rings. The first-order valence-corrected chi connectivity index (χ1v) is 9.35. The molecule has 1 aromatic carbocycles. The molecule has 0 radical (unpaired) electrons. The molecule has 1 heterocycles. The first-order valence-electron chi connectivity index (χ1n) is 9.35. The molecule has 0 fully saturated rings. The Kier molecular flexibility index (Phi) is 6.05. The van der Waals surface area contributed by atoms with Crippen LogP contribution in [0.3, 0.4) is 0 Å². The van der Waals surface area contributed by atoms with Crippen molar-refractivity contribution in [3.05, 3.63) is 35.5 Å². The van der Waals surface area contributed by atoms with Crippen LogP contribution in [0.25, 0.3) is 10.9 Å². The second-order valence-corrected chi connectivity index (χ2v) is 6.77. The van der Waals surface area contributed by atoms with Gasteiger partial charge in [0.2, 0.25) is 0 Å². The van der Waals surface area contributed by atoms with Gasteiger partial charge in [0.05, 0.1) is 5.52 Å². The van der Waals surface area contributed by atoms with Gasteiger partial charge >= 0.3 is 0 Å². The summed E-state index contributed by atoms with van der Waals surface area (Å²) in [5.74, 6) is 0. The smallest absolute Gasteiger partial charge is 0.0726 e. The van der Waals surface area contributed by atoms with E-state index in [0.29, 0.717) is 6.04 Å². The van der Waals surface area contributed by atoms with Gasteiger partial charge in [0.25, 0.3) is 0 Å². The molecule has 24 heavy (non-hydrogen) atoms. The summed E-state index contributed by atoms with van der Waals surface area (Å²) < 4.78 is 0. The van der Waals surface area contributed by atoms with Crippen LogP contribution in [0.1, 0.15) is 43.4 Å². The van der Waals surface area contributed by atoms with E-state index in [2.05, 4.69) is 34.9 Å². The van der Waals surface area contributed by atoms with Crippen LogP contribution in [0, 0.1) is 0 Å². The summed E-state index contributed by atoms with van der Waals surface area (Å²) in [4.78, 5) is 4.91. The number of hydrogen-bond acceptors (Lipinski definition) is 4. The lowest BCUT2D eigenvalue weighted by Gasteiger charge is -2.22. The predicted octanol–water partition coefficient (Wildman–Crippen LogP) is 3.24. The number of rotatable bonds is 8. The fourth-order valence-corrected chi connectivity index (χ4v) is 3.77. The van der Waals surface area contributed by atoms with Crippen molar-refractivity contribution in [3.63, 3.8) is 0 Å². The third-order valence-electron chi connectivity index (χ3n) is 5.12. The van der Waals surface area contributed by atoms with Gasteiger partial charge in [0.15, 0.2) is 0 Å². The van der Waals surface area contributed by atoms with Crippen LogP contribution >= 0.6 is 0 Å². The molecule has 4 heteroatoms. The topological polar surface area (TPSA) is 63.0 Å². The Morgan fingerprint density at radius 3 is 2.83 bits per heavy atom. The molecule has 3 rings (SSSR count). The Balaban J connectivity index is 1.73. The number of benzene rings is 1. The highest BCUT2D eigenvalue weighted by Gasteiger charge is 2.17. The number of fused-ring (bicyclic) bond motifs is 2. The SMILES string of the molecule is CNC(CCN)CCCNc1c2c(nc3ccccc13)CCCC2. The number of para-hydroxylation sites is 1. The molecule has 4 nitrogen and oxygen atoms in total. The van der Waals surface area contributed by atoms with E-state index >= 15 is 0 Å². The summed E-state index contributed by atoms with van der Waals surface area (Å²) in [5.41, 5.74) is 10.9. The van der Waals surface area contributed by atoms with Crippen molar-refractivity contribution in [3.8, 4) is 0 Å². The fourth-order valence-electron chi connectivity index (χ4n) is 3.77. The van der Waals surface area contributed by atoms with Crippen LogP contribution in [0.4, 0.5) is 5.69 Å². The van der Waals surface area contributed by atoms with Gasteiger partial charge in [-0.2, -0.15) is 0 Å². The van der Waals surface area contributed by atoms with E-state index in [9.17, 15) is 0 Å². The maximum Gasteiger partial charge on any atom is 0.0726 e. The van der Waals surface area contributed by atoms with Crippen LogP contribution in [0.15, 0.2) is 24.3 Å². The standard InChI is InChI=1S/C20H30N4/c1-22-15(12-13-21)7-6-14-23-20-16-8-2-4-10-18(16)24-19-11-5-3-9-17(19)20/h2,4,8,10,15,22H,3,5-7,9,11-14,21H2,1H3,(H,23,24). The summed E-state index contributed by atoms with van der Waals surface area (Å²) in [6.45, 7) is 1.75. The molecule has 0 aliphatic heterocycles. The van der Waals surface area contributed by atoms with E-state index in [-0.39, 0.29) is 0 Å². The maximum atomic E-state index is 5.68. The van der Waals surface area contributed by atoms with Crippen LogP contribution in [0.2, 0.25) is 0 Å². The van der Waals surface area contributed by atoms with E-state index < -0.39 is 0 Å². The first-order chi connectivity index (χ1) is 11.8. The van der Waals surface area contributed by atoms with Crippen molar-refractivity contribution in [2.24, 2.45) is 5.73 Å². The molecule has 4 N–H and O–H groups in total. The zero-order chi connectivity index (χ0) is 16.8. The molecule has 1 aromatic heterocycles. The van der Waals surface area contributed by atoms with Crippen LogP contribution < -0.4 is 16.4 Å². The third-order valence-corrected chi connectivity index (χ3v) is 5.12.